The van der Waals surface area contributed by atoms with Crippen LogP contribution in [-0.2, 0) is 16.0 Å². The van der Waals surface area contributed by atoms with Gasteiger partial charge in [0, 0.05) is 17.0 Å². The number of ether oxygens (including phenoxy) is 1. The van der Waals surface area contributed by atoms with Crippen LogP contribution in [0.5, 0.6) is 0 Å². The number of alkyl carbamates (subject to hydrolysis) is 1. The highest BCUT2D eigenvalue weighted by atomic mass is 35.5. The Morgan fingerprint density at radius 2 is 2.05 bits per heavy atom. The molecular weight excluding hydrogens is 301 g/mol. The fraction of sp³-hybridized carbons (Fsp3) is 0.429. The van der Waals surface area contributed by atoms with Gasteiger partial charge in [-0.25, -0.2) is 14.0 Å². The molecule has 116 valence electrons. The topological polar surface area (TPSA) is 75.6 Å². The van der Waals surface area contributed by atoms with Gasteiger partial charge < -0.3 is 15.2 Å². The molecule has 0 aliphatic heterocycles. The van der Waals surface area contributed by atoms with Crippen molar-refractivity contribution >= 4 is 23.7 Å². The third-order valence-electron chi connectivity index (χ3n) is 2.46. The van der Waals surface area contributed by atoms with E-state index in [1.54, 1.807) is 20.8 Å². The summed E-state index contributed by atoms with van der Waals surface area (Å²) in [6.45, 7) is 4.95. The number of halogens is 2. The van der Waals surface area contributed by atoms with E-state index in [0.717, 1.165) is 0 Å². The Morgan fingerprint density at radius 1 is 1.43 bits per heavy atom. The summed E-state index contributed by atoms with van der Waals surface area (Å²) in [7, 11) is 0. The van der Waals surface area contributed by atoms with Crippen molar-refractivity contribution in [1.29, 1.82) is 0 Å². The monoisotopic (exact) mass is 317 g/mol. The second-order valence-electron chi connectivity index (χ2n) is 5.44. The van der Waals surface area contributed by atoms with Gasteiger partial charge in [-0.3, -0.25) is 0 Å². The van der Waals surface area contributed by atoms with Crippen LogP contribution in [0.25, 0.3) is 0 Å². The van der Waals surface area contributed by atoms with Gasteiger partial charge in [0.05, 0.1) is 0 Å². The van der Waals surface area contributed by atoms with Crippen LogP contribution in [0.2, 0.25) is 5.02 Å². The minimum atomic E-state index is -1.34. The van der Waals surface area contributed by atoms with Gasteiger partial charge >= 0.3 is 12.1 Å². The Hall–Kier alpha value is -1.82. The van der Waals surface area contributed by atoms with E-state index >= 15 is 0 Å². The number of aliphatic carboxylic acids is 1. The van der Waals surface area contributed by atoms with Crippen LogP contribution >= 0.6 is 11.6 Å². The fourth-order valence-electron chi connectivity index (χ4n) is 1.58. The largest absolute Gasteiger partial charge is 0.480 e. The number of carboxylic acids is 1. The zero-order valence-electron chi connectivity index (χ0n) is 11.9. The molecule has 0 aliphatic carbocycles. The van der Waals surface area contributed by atoms with Crippen molar-refractivity contribution < 1.29 is 23.8 Å². The zero-order chi connectivity index (χ0) is 16.2. The molecule has 7 heteroatoms. The lowest BCUT2D eigenvalue weighted by Gasteiger charge is -2.22. The lowest BCUT2D eigenvalue weighted by molar-refractivity contribution is -0.139. The van der Waals surface area contributed by atoms with Crippen LogP contribution in [0.1, 0.15) is 26.3 Å². The predicted molar refractivity (Wildman–Crippen MR) is 75.9 cm³/mol. The van der Waals surface area contributed by atoms with Gasteiger partial charge in [0.1, 0.15) is 17.5 Å². The van der Waals surface area contributed by atoms with Crippen molar-refractivity contribution in [3.8, 4) is 0 Å². The van der Waals surface area contributed by atoms with Gasteiger partial charge in [0.2, 0.25) is 0 Å². The number of nitrogens with one attached hydrogen (secondary N) is 1. The molecule has 1 rings (SSSR count). The van der Waals surface area contributed by atoms with Crippen molar-refractivity contribution in [3.63, 3.8) is 0 Å². The first-order valence-corrected chi connectivity index (χ1v) is 6.63. The molecule has 5 nitrogen and oxygen atoms in total. The summed E-state index contributed by atoms with van der Waals surface area (Å²) in [6.07, 6.45) is -1.16. The Balaban J connectivity index is 2.84. The quantitative estimate of drug-likeness (QED) is 0.895. The summed E-state index contributed by atoms with van der Waals surface area (Å²) in [6, 6.07) is 2.70. The molecule has 0 bridgehead atoms. The molecule has 0 heterocycles. The van der Waals surface area contributed by atoms with E-state index in [-0.39, 0.29) is 17.0 Å². The van der Waals surface area contributed by atoms with Crippen LogP contribution in [0.3, 0.4) is 0 Å². The minimum absolute atomic E-state index is 0.0302. The molecule has 2 N–H and O–H groups in total. The highest BCUT2D eigenvalue weighted by Gasteiger charge is 2.26. The molecule has 21 heavy (non-hydrogen) atoms. The fourth-order valence-corrected chi connectivity index (χ4v) is 1.82. The van der Waals surface area contributed by atoms with Gasteiger partial charge in [-0.15, -0.1) is 0 Å². The molecular formula is C14H17ClFNO4. The van der Waals surface area contributed by atoms with Crippen molar-refractivity contribution in [3.05, 3.63) is 34.6 Å². The number of hydrogen-bond acceptors (Lipinski definition) is 3. The second-order valence-corrected chi connectivity index (χ2v) is 5.85. The Morgan fingerprint density at radius 3 is 2.52 bits per heavy atom. The number of rotatable bonds is 4. The Bertz CT molecular complexity index is 522. The van der Waals surface area contributed by atoms with Gasteiger partial charge in [0.25, 0.3) is 0 Å². The highest BCUT2D eigenvalue weighted by molar-refractivity contribution is 6.31. The maximum absolute atomic E-state index is 13.7. The summed E-state index contributed by atoms with van der Waals surface area (Å²) in [4.78, 5) is 22.8. The van der Waals surface area contributed by atoms with Gasteiger partial charge in [-0.2, -0.15) is 0 Å². The van der Waals surface area contributed by atoms with E-state index in [9.17, 15) is 14.0 Å². The number of amides is 1. The lowest BCUT2D eigenvalue weighted by atomic mass is 10.1. The van der Waals surface area contributed by atoms with Gasteiger partial charge in [-0.05, 0) is 32.9 Å². The maximum atomic E-state index is 13.7. The molecule has 0 radical (unpaired) electrons. The normalized spacial score (nSPS) is 12.6. The number of carboxylic acid groups (broad SMARTS) is 1. The standard InChI is InChI=1S/C14H17ClFNO4/c1-14(2,3)21-13(20)17-11(12(18)19)7-8-9(15)5-4-6-10(8)16/h4-6,11H,7H2,1-3H3,(H,17,20)(H,18,19). The lowest BCUT2D eigenvalue weighted by Crippen LogP contribution is -2.44. The third-order valence-corrected chi connectivity index (χ3v) is 2.81. The SMILES string of the molecule is CC(C)(C)OC(=O)NC(Cc1c(F)cccc1Cl)C(=O)O. The summed E-state index contributed by atoms with van der Waals surface area (Å²) in [5.74, 6) is -1.93. The van der Waals surface area contributed by atoms with Crippen LogP contribution in [0.15, 0.2) is 18.2 Å². The highest BCUT2D eigenvalue weighted by Crippen LogP contribution is 2.20. The van der Waals surface area contributed by atoms with Crippen LogP contribution in [-0.4, -0.2) is 28.8 Å². The number of carbonyl (C=O) groups is 2. The summed E-state index contributed by atoms with van der Waals surface area (Å²) in [5.41, 5.74) is -0.731. The summed E-state index contributed by atoms with van der Waals surface area (Å²) in [5, 5.41) is 11.4. The van der Waals surface area contributed by atoms with Crippen molar-refractivity contribution in [2.75, 3.05) is 0 Å². The number of carbonyl (C=O) groups excluding carboxylic acids is 1. The van der Waals surface area contributed by atoms with E-state index in [1.165, 1.54) is 18.2 Å². The average Bonchev–Trinajstić information content (AvgIpc) is 2.29. The molecule has 0 aliphatic rings. The van der Waals surface area contributed by atoms with E-state index in [2.05, 4.69) is 5.32 Å². The van der Waals surface area contributed by atoms with Crippen molar-refractivity contribution in [1.82, 2.24) is 5.32 Å². The Kier molecular flexibility index (Phi) is 5.54. The molecule has 0 fully saturated rings. The van der Waals surface area contributed by atoms with Gasteiger partial charge in [-0.1, -0.05) is 17.7 Å². The van der Waals surface area contributed by atoms with E-state index in [4.69, 9.17) is 21.4 Å². The van der Waals surface area contributed by atoms with Crippen molar-refractivity contribution in [2.24, 2.45) is 0 Å². The minimum Gasteiger partial charge on any atom is -0.480 e. The molecule has 1 unspecified atom stereocenters. The van der Waals surface area contributed by atoms with Crippen LogP contribution in [0, 0.1) is 5.82 Å². The number of hydrogen-bond donors (Lipinski definition) is 2. The molecule has 0 aromatic heterocycles. The molecule has 1 aromatic carbocycles. The molecule has 1 amide bonds. The van der Waals surface area contributed by atoms with Crippen LogP contribution < -0.4 is 5.32 Å². The molecule has 0 saturated heterocycles. The zero-order valence-corrected chi connectivity index (χ0v) is 12.7. The smallest absolute Gasteiger partial charge is 0.408 e. The maximum Gasteiger partial charge on any atom is 0.408 e. The third kappa shape index (κ3) is 5.59. The predicted octanol–water partition coefficient (Wildman–Crippen LogP) is 3.00. The first-order valence-electron chi connectivity index (χ1n) is 6.25. The first-order chi connectivity index (χ1) is 9.60. The van der Waals surface area contributed by atoms with E-state index in [1.807, 2.05) is 0 Å². The molecule has 0 saturated carbocycles. The van der Waals surface area contributed by atoms with Crippen LogP contribution in [0.4, 0.5) is 9.18 Å². The molecule has 0 spiro atoms. The first kappa shape index (κ1) is 17.2. The van der Waals surface area contributed by atoms with Gasteiger partial charge in [0.15, 0.2) is 0 Å². The summed E-state index contributed by atoms with van der Waals surface area (Å²) >= 11 is 5.84. The van der Waals surface area contributed by atoms with Crippen molar-refractivity contribution in [2.45, 2.75) is 38.8 Å². The summed E-state index contributed by atoms with van der Waals surface area (Å²) < 4.78 is 18.6. The Labute approximate surface area is 127 Å². The van der Waals surface area contributed by atoms with E-state index < -0.39 is 29.5 Å². The average molecular weight is 318 g/mol. The molecule has 1 atom stereocenters. The number of benzene rings is 1. The second kappa shape index (κ2) is 6.76. The molecule has 1 aromatic rings. The van der Waals surface area contributed by atoms with E-state index in [0.29, 0.717) is 0 Å².